The van der Waals surface area contributed by atoms with Crippen molar-refractivity contribution in [1.29, 1.82) is 0 Å². The van der Waals surface area contributed by atoms with E-state index in [1.807, 2.05) is 13.0 Å². The van der Waals surface area contributed by atoms with Crippen LogP contribution in [0.2, 0.25) is 0 Å². The monoisotopic (exact) mass is 274 g/mol. The smallest absolute Gasteiger partial charge is 0.271 e. The molecule has 0 spiro atoms. The third-order valence-electron chi connectivity index (χ3n) is 4.66. The number of carbonyl (C=O) groups excluding carboxylic acids is 1. The van der Waals surface area contributed by atoms with Gasteiger partial charge in [0.25, 0.3) is 5.91 Å². The summed E-state index contributed by atoms with van der Waals surface area (Å²) in [5.74, 6) is 3.27. The lowest BCUT2D eigenvalue weighted by Crippen LogP contribution is -2.24. The second-order valence-electron chi connectivity index (χ2n) is 5.98. The number of carbonyl (C=O) groups is 1. The highest BCUT2D eigenvalue weighted by Crippen LogP contribution is 2.48. The SMILES string of the molecule is CCNC(=O)c1ccc(NCC2CC3CCC2C3)nn1. The van der Waals surface area contributed by atoms with E-state index in [2.05, 4.69) is 20.8 Å². The van der Waals surface area contributed by atoms with Crippen LogP contribution in [-0.4, -0.2) is 29.2 Å². The molecule has 0 aliphatic heterocycles. The minimum Gasteiger partial charge on any atom is -0.368 e. The Morgan fingerprint density at radius 2 is 2.20 bits per heavy atom. The molecule has 2 aliphatic rings. The molecule has 0 saturated heterocycles. The maximum absolute atomic E-state index is 11.6. The van der Waals surface area contributed by atoms with Crippen LogP contribution in [0.25, 0.3) is 0 Å². The number of hydrogen-bond acceptors (Lipinski definition) is 4. The van der Waals surface area contributed by atoms with Crippen LogP contribution in [0, 0.1) is 17.8 Å². The summed E-state index contributed by atoms with van der Waals surface area (Å²) in [5.41, 5.74) is 0.373. The van der Waals surface area contributed by atoms with E-state index < -0.39 is 0 Å². The van der Waals surface area contributed by atoms with Gasteiger partial charge in [0, 0.05) is 13.1 Å². The lowest BCUT2D eigenvalue weighted by atomic mass is 9.89. The first kappa shape index (κ1) is 13.3. The first-order valence-corrected chi connectivity index (χ1v) is 7.62. The van der Waals surface area contributed by atoms with Crippen LogP contribution in [0.5, 0.6) is 0 Å². The molecule has 3 atom stereocenters. The molecule has 2 bridgehead atoms. The Morgan fingerprint density at radius 1 is 1.30 bits per heavy atom. The van der Waals surface area contributed by atoms with Gasteiger partial charge >= 0.3 is 0 Å². The molecule has 3 rings (SSSR count). The highest BCUT2D eigenvalue weighted by molar-refractivity contribution is 5.92. The molecule has 1 aromatic heterocycles. The minimum absolute atomic E-state index is 0.167. The Kier molecular flexibility index (Phi) is 3.85. The van der Waals surface area contributed by atoms with E-state index in [4.69, 9.17) is 0 Å². The minimum atomic E-state index is -0.167. The van der Waals surface area contributed by atoms with Crippen LogP contribution in [0.15, 0.2) is 12.1 Å². The summed E-state index contributed by atoms with van der Waals surface area (Å²) < 4.78 is 0. The Bertz CT molecular complexity index is 473. The van der Waals surface area contributed by atoms with Crippen molar-refractivity contribution in [2.24, 2.45) is 17.8 Å². The molecule has 5 heteroatoms. The van der Waals surface area contributed by atoms with Gasteiger partial charge in [-0.2, -0.15) is 0 Å². The lowest BCUT2D eigenvalue weighted by molar-refractivity contribution is 0.0950. The number of anilines is 1. The van der Waals surface area contributed by atoms with E-state index in [1.165, 1.54) is 25.7 Å². The van der Waals surface area contributed by atoms with E-state index in [0.717, 1.165) is 30.1 Å². The third-order valence-corrected chi connectivity index (χ3v) is 4.66. The Hall–Kier alpha value is -1.65. The topological polar surface area (TPSA) is 66.9 Å². The summed E-state index contributed by atoms with van der Waals surface area (Å²) in [7, 11) is 0. The maximum atomic E-state index is 11.6. The van der Waals surface area contributed by atoms with Crippen molar-refractivity contribution in [3.8, 4) is 0 Å². The number of hydrogen-bond donors (Lipinski definition) is 2. The van der Waals surface area contributed by atoms with Crippen LogP contribution < -0.4 is 10.6 Å². The molecule has 1 heterocycles. The molecule has 1 aromatic rings. The van der Waals surface area contributed by atoms with Gasteiger partial charge in [-0.25, -0.2) is 0 Å². The number of amides is 1. The van der Waals surface area contributed by atoms with E-state index in [0.29, 0.717) is 12.2 Å². The van der Waals surface area contributed by atoms with Crippen LogP contribution in [-0.2, 0) is 0 Å². The fraction of sp³-hybridized carbons (Fsp3) is 0.667. The summed E-state index contributed by atoms with van der Waals surface area (Å²) >= 11 is 0. The van der Waals surface area contributed by atoms with Gasteiger partial charge in [-0.1, -0.05) is 6.42 Å². The van der Waals surface area contributed by atoms with Crippen LogP contribution in [0.4, 0.5) is 5.82 Å². The predicted molar refractivity (Wildman–Crippen MR) is 77.5 cm³/mol. The van der Waals surface area contributed by atoms with Gasteiger partial charge in [-0.05, 0) is 56.1 Å². The van der Waals surface area contributed by atoms with Crippen molar-refractivity contribution in [2.75, 3.05) is 18.4 Å². The average molecular weight is 274 g/mol. The maximum Gasteiger partial charge on any atom is 0.271 e. The molecule has 20 heavy (non-hydrogen) atoms. The van der Waals surface area contributed by atoms with Crippen molar-refractivity contribution in [3.63, 3.8) is 0 Å². The highest BCUT2D eigenvalue weighted by Gasteiger charge is 2.39. The Balaban J connectivity index is 1.52. The van der Waals surface area contributed by atoms with E-state index in [9.17, 15) is 4.79 Å². The van der Waals surface area contributed by atoms with Gasteiger partial charge in [-0.3, -0.25) is 4.79 Å². The zero-order valence-corrected chi connectivity index (χ0v) is 11.9. The van der Waals surface area contributed by atoms with Gasteiger partial charge < -0.3 is 10.6 Å². The molecule has 2 fully saturated rings. The molecule has 5 nitrogen and oxygen atoms in total. The molecule has 2 N–H and O–H groups in total. The second kappa shape index (κ2) is 5.77. The molecule has 2 saturated carbocycles. The number of nitrogens with zero attached hydrogens (tertiary/aromatic N) is 2. The molecule has 1 amide bonds. The third kappa shape index (κ3) is 2.76. The van der Waals surface area contributed by atoms with Crippen LogP contribution in [0.3, 0.4) is 0 Å². The molecule has 0 aromatic carbocycles. The summed E-state index contributed by atoms with van der Waals surface area (Å²) in [6.45, 7) is 3.47. The van der Waals surface area contributed by atoms with E-state index in [-0.39, 0.29) is 5.91 Å². The fourth-order valence-electron chi connectivity index (χ4n) is 3.66. The molecule has 3 unspecified atom stereocenters. The summed E-state index contributed by atoms with van der Waals surface area (Å²) in [5, 5.41) is 14.1. The summed E-state index contributed by atoms with van der Waals surface area (Å²) in [6.07, 6.45) is 5.62. The standard InChI is InChI=1S/C15H22N4O/c1-2-16-15(20)13-5-6-14(19-18-13)17-9-12-8-10-3-4-11(12)7-10/h5-6,10-12H,2-4,7-9H2,1H3,(H,16,20)(H,17,19). The van der Waals surface area contributed by atoms with Gasteiger partial charge in [0.15, 0.2) is 5.69 Å². The van der Waals surface area contributed by atoms with Gasteiger partial charge in [0.2, 0.25) is 0 Å². The van der Waals surface area contributed by atoms with Crippen molar-refractivity contribution in [1.82, 2.24) is 15.5 Å². The average Bonchev–Trinajstić information content (AvgIpc) is 3.08. The molecule has 108 valence electrons. The number of aromatic nitrogens is 2. The van der Waals surface area contributed by atoms with Crippen LogP contribution in [0.1, 0.15) is 43.1 Å². The predicted octanol–water partition coefficient (Wildman–Crippen LogP) is 2.07. The molecule has 2 aliphatic carbocycles. The zero-order valence-electron chi connectivity index (χ0n) is 11.9. The highest BCUT2D eigenvalue weighted by atomic mass is 16.1. The largest absolute Gasteiger partial charge is 0.368 e. The Morgan fingerprint density at radius 3 is 2.80 bits per heavy atom. The summed E-state index contributed by atoms with van der Waals surface area (Å²) in [4.78, 5) is 11.6. The van der Waals surface area contributed by atoms with Crippen molar-refractivity contribution < 1.29 is 4.79 Å². The van der Waals surface area contributed by atoms with Crippen molar-refractivity contribution >= 4 is 11.7 Å². The fourth-order valence-corrected chi connectivity index (χ4v) is 3.66. The van der Waals surface area contributed by atoms with Crippen molar-refractivity contribution in [2.45, 2.75) is 32.6 Å². The molecular weight excluding hydrogens is 252 g/mol. The number of nitrogens with one attached hydrogen (secondary N) is 2. The lowest BCUT2D eigenvalue weighted by Gasteiger charge is -2.21. The van der Waals surface area contributed by atoms with Gasteiger partial charge in [-0.15, -0.1) is 10.2 Å². The first-order chi connectivity index (χ1) is 9.76. The van der Waals surface area contributed by atoms with Crippen molar-refractivity contribution in [3.05, 3.63) is 17.8 Å². The van der Waals surface area contributed by atoms with E-state index in [1.54, 1.807) is 6.07 Å². The van der Waals surface area contributed by atoms with Gasteiger partial charge in [0.05, 0.1) is 0 Å². The summed E-state index contributed by atoms with van der Waals surface area (Å²) in [6, 6.07) is 3.56. The Labute approximate surface area is 119 Å². The molecular formula is C15H22N4O. The second-order valence-corrected chi connectivity index (χ2v) is 5.98. The zero-order chi connectivity index (χ0) is 13.9. The number of rotatable bonds is 5. The van der Waals surface area contributed by atoms with Crippen LogP contribution >= 0.6 is 0 Å². The normalized spacial score (nSPS) is 27.6. The van der Waals surface area contributed by atoms with E-state index >= 15 is 0 Å². The first-order valence-electron chi connectivity index (χ1n) is 7.62. The van der Waals surface area contributed by atoms with Gasteiger partial charge in [0.1, 0.15) is 5.82 Å². The number of fused-ring (bicyclic) bond motifs is 2. The quantitative estimate of drug-likeness (QED) is 0.862. The molecule has 0 radical (unpaired) electrons.